The molecule has 0 saturated carbocycles. The van der Waals surface area contributed by atoms with Crippen molar-refractivity contribution in [2.24, 2.45) is 0 Å². The summed E-state index contributed by atoms with van der Waals surface area (Å²) in [6.07, 6.45) is 3.04. The van der Waals surface area contributed by atoms with Gasteiger partial charge in [-0.2, -0.15) is 0 Å². The van der Waals surface area contributed by atoms with Crippen molar-refractivity contribution in [3.63, 3.8) is 0 Å². The predicted molar refractivity (Wildman–Crippen MR) is 121 cm³/mol. The van der Waals surface area contributed by atoms with Gasteiger partial charge >= 0.3 is 0 Å². The first-order valence-corrected chi connectivity index (χ1v) is 12.2. The van der Waals surface area contributed by atoms with Crippen molar-refractivity contribution in [1.82, 2.24) is 5.32 Å². The highest BCUT2D eigenvalue weighted by Gasteiger charge is 2.25. The molecule has 158 valence electrons. The lowest BCUT2D eigenvalue weighted by Gasteiger charge is -2.29. The van der Waals surface area contributed by atoms with Gasteiger partial charge in [0.1, 0.15) is 0 Å². The van der Waals surface area contributed by atoms with Crippen LogP contribution in [0.3, 0.4) is 0 Å². The first-order valence-electron chi connectivity index (χ1n) is 10.7. The number of hydrogen-bond donors (Lipinski definition) is 1. The van der Waals surface area contributed by atoms with Gasteiger partial charge in [0.2, 0.25) is 9.84 Å². The molecule has 1 aliphatic heterocycles. The van der Waals surface area contributed by atoms with Gasteiger partial charge in [0, 0.05) is 38.4 Å². The summed E-state index contributed by atoms with van der Waals surface area (Å²) in [6, 6.07) is 14.6. The van der Waals surface area contributed by atoms with Gasteiger partial charge in [-0.05, 0) is 56.1 Å². The quantitative estimate of drug-likeness (QED) is 0.708. The molecule has 0 atom stereocenters. The largest absolute Gasteiger partial charge is 0.370 e. The molecule has 1 fully saturated rings. The highest BCUT2D eigenvalue weighted by atomic mass is 32.2. The van der Waals surface area contributed by atoms with E-state index in [2.05, 4.69) is 35.0 Å². The van der Waals surface area contributed by atoms with Crippen molar-refractivity contribution < 1.29 is 8.42 Å². The molecule has 1 saturated heterocycles. The molecule has 0 amide bonds. The Morgan fingerprint density at radius 2 is 1.69 bits per heavy atom. The van der Waals surface area contributed by atoms with Crippen molar-refractivity contribution >= 4 is 21.2 Å². The average molecular weight is 416 g/mol. The van der Waals surface area contributed by atoms with Crippen molar-refractivity contribution in [3.05, 3.63) is 48.5 Å². The molecule has 0 radical (unpaired) electrons. The lowest BCUT2D eigenvalue weighted by atomic mass is 10.2. The molecular formula is C23H33N3O2S. The van der Waals surface area contributed by atoms with Crippen molar-refractivity contribution in [2.75, 3.05) is 49.1 Å². The molecular weight excluding hydrogens is 382 g/mol. The summed E-state index contributed by atoms with van der Waals surface area (Å²) in [4.78, 5) is 5.34. The molecule has 0 unspecified atom stereocenters. The minimum absolute atomic E-state index is 0.348. The van der Waals surface area contributed by atoms with E-state index >= 15 is 0 Å². The van der Waals surface area contributed by atoms with Gasteiger partial charge in [-0.3, -0.25) is 0 Å². The number of hydrogen-bond acceptors (Lipinski definition) is 5. The Labute approximate surface area is 175 Å². The third kappa shape index (κ3) is 5.11. The van der Waals surface area contributed by atoms with E-state index in [0.717, 1.165) is 69.9 Å². The molecule has 5 nitrogen and oxygen atoms in total. The van der Waals surface area contributed by atoms with E-state index in [4.69, 9.17) is 0 Å². The number of anilines is 2. The topological polar surface area (TPSA) is 52.6 Å². The third-order valence-corrected chi connectivity index (χ3v) is 7.14. The Hall–Kier alpha value is -2.05. The van der Waals surface area contributed by atoms with Crippen molar-refractivity contribution in [3.8, 4) is 0 Å². The van der Waals surface area contributed by atoms with Crippen molar-refractivity contribution in [2.45, 2.75) is 42.9 Å². The lowest BCUT2D eigenvalue weighted by Crippen LogP contribution is -2.30. The van der Waals surface area contributed by atoms with Gasteiger partial charge < -0.3 is 15.1 Å². The molecule has 1 N–H and O–H groups in total. The summed E-state index contributed by atoms with van der Waals surface area (Å²) in [5.74, 6) is 0. The van der Waals surface area contributed by atoms with Gasteiger partial charge in [0.25, 0.3) is 0 Å². The summed E-state index contributed by atoms with van der Waals surface area (Å²) in [5, 5.41) is 3.43. The fraction of sp³-hybridized carbons (Fsp3) is 0.478. The van der Waals surface area contributed by atoms with Crippen LogP contribution in [-0.2, 0) is 9.84 Å². The van der Waals surface area contributed by atoms with Crippen LogP contribution in [0, 0.1) is 0 Å². The second-order valence-corrected chi connectivity index (χ2v) is 9.46. The molecule has 1 heterocycles. The second kappa shape index (κ2) is 10.1. The maximum Gasteiger partial charge on any atom is 0.208 e. The van der Waals surface area contributed by atoms with Gasteiger partial charge in [-0.25, -0.2) is 8.42 Å². The van der Waals surface area contributed by atoms with Crippen LogP contribution in [0.2, 0.25) is 0 Å². The Bertz CT molecular complexity index is 870. The smallest absolute Gasteiger partial charge is 0.208 e. The minimum Gasteiger partial charge on any atom is -0.370 e. The molecule has 1 aliphatic rings. The van der Waals surface area contributed by atoms with Crippen LogP contribution < -0.4 is 15.1 Å². The molecule has 0 aliphatic carbocycles. The minimum atomic E-state index is -3.58. The first-order chi connectivity index (χ1) is 14.1. The molecule has 29 heavy (non-hydrogen) atoms. The van der Waals surface area contributed by atoms with E-state index in [-0.39, 0.29) is 0 Å². The second-order valence-electron chi connectivity index (χ2n) is 7.55. The molecule has 0 spiro atoms. The molecule has 2 aromatic carbocycles. The van der Waals surface area contributed by atoms with E-state index in [1.807, 2.05) is 18.2 Å². The average Bonchev–Trinajstić information content (AvgIpc) is 3.03. The zero-order chi connectivity index (χ0) is 20.7. The predicted octanol–water partition coefficient (Wildman–Crippen LogP) is 3.95. The molecule has 3 rings (SSSR count). The standard InChI is InChI=1S/C23H33N3O2S/c1-3-15-26(16-4-2)22-19-20(25-17-8-13-24-14-18-25)11-12-23(22)29(27,28)21-9-6-5-7-10-21/h5-7,9-12,19,24H,3-4,8,13-18H2,1-2H3. The molecule has 0 bridgehead atoms. The maximum absolute atomic E-state index is 13.5. The number of nitrogens with zero attached hydrogens (tertiary/aromatic N) is 2. The maximum atomic E-state index is 13.5. The summed E-state index contributed by atoms with van der Waals surface area (Å²) in [7, 11) is -3.58. The molecule has 6 heteroatoms. The first kappa shape index (κ1) is 21.7. The number of benzene rings is 2. The van der Waals surface area contributed by atoms with Crippen LogP contribution in [0.15, 0.2) is 58.3 Å². The van der Waals surface area contributed by atoms with Crippen LogP contribution >= 0.6 is 0 Å². The summed E-state index contributed by atoms with van der Waals surface area (Å²) < 4.78 is 26.9. The van der Waals surface area contributed by atoms with E-state index in [1.54, 1.807) is 24.3 Å². The summed E-state index contributed by atoms with van der Waals surface area (Å²) in [6.45, 7) is 9.86. The van der Waals surface area contributed by atoms with Crippen LogP contribution in [0.5, 0.6) is 0 Å². The lowest BCUT2D eigenvalue weighted by molar-refractivity contribution is 0.595. The van der Waals surface area contributed by atoms with E-state index in [1.165, 1.54) is 0 Å². The third-order valence-electron chi connectivity index (χ3n) is 5.32. The molecule has 2 aromatic rings. The Morgan fingerprint density at radius 1 is 0.966 bits per heavy atom. The Balaban J connectivity index is 2.09. The Morgan fingerprint density at radius 3 is 2.38 bits per heavy atom. The number of nitrogens with one attached hydrogen (secondary N) is 1. The van der Waals surface area contributed by atoms with Gasteiger partial charge in [0.05, 0.1) is 15.5 Å². The number of rotatable bonds is 8. The fourth-order valence-corrected chi connectivity index (χ4v) is 5.38. The SMILES string of the molecule is CCCN(CCC)c1cc(N2CCCNCC2)ccc1S(=O)(=O)c1ccccc1. The normalized spacial score (nSPS) is 15.2. The monoisotopic (exact) mass is 415 g/mol. The Kier molecular flexibility index (Phi) is 7.56. The highest BCUT2D eigenvalue weighted by Crippen LogP contribution is 2.34. The zero-order valence-corrected chi connectivity index (χ0v) is 18.4. The van der Waals surface area contributed by atoms with E-state index < -0.39 is 9.84 Å². The van der Waals surface area contributed by atoms with Crippen LogP contribution in [0.25, 0.3) is 0 Å². The van der Waals surface area contributed by atoms with Gasteiger partial charge in [-0.15, -0.1) is 0 Å². The van der Waals surface area contributed by atoms with E-state index in [0.29, 0.717) is 9.79 Å². The number of sulfone groups is 1. The highest BCUT2D eigenvalue weighted by molar-refractivity contribution is 7.91. The zero-order valence-electron chi connectivity index (χ0n) is 17.6. The fourth-order valence-electron chi connectivity index (χ4n) is 3.90. The van der Waals surface area contributed by atoms with Crippen molar-refractivity contribution in [1.29, 1.82) is 0 Å². The van der Waals surface area contributed by atoms with E-state index in [9.17, 15) is 8.42 Å². The molecule has 0 aromatic heterocycles. The van der Waals surface area contributed by atoms with Crippen LogP contribution in [0.1, 0.15) is 33.1 Å². The van der Waals surface area contributed by atoms with Crippen LogP contribution in [0.4, 0.5) is 11.4 Å². The summed E-state index contributed by atoms with van der Waals surface area (Å²) >= 11 is 0. The summed E-state index contributed by atoms with van der Waals surface area (Å²) in [5.41, 5.74) is 1.93. The van der Waals surface area contributed by atoms with Gasteiger partial charge in [-0.1, -0.05) is 32.0 Å². The van der Waals surface area contributed by atoms with Crippen LogP contribution in [-0.4, -0.2) is 47.7 Å². The van der Waals surface area contributed by atoms with Gasteiger partial charge in [0.15, 0.2) is 0 Å².